The predicted octanol–water partition coefficient (Wildman–Crippen LogP) is 3.77. The third kappa shape index (κ3) is 8.91. The van der Waals surface area contributed by atoms with E-state index in [1.807, 2.05) is 0 Å². The van der Waals surface area contributed by atoms with Gasteiger partial charge in [0.15, 0.2) is 0 Å². The van der Waals surface area contributed by atoms with Gasteiger partial charge >= 0.3 is 11.9 Å². The molecule has 6 heteroatoms. The maximum absolute atomic E-state index is 9.10. The van der Waals surface area contributed by atoms with E-state index < -0.39 is 11.9 Å². The van der Waals surface area contributed by atoms with Crippen molar-refractivity contribution in [2.75, 3.05) is 26.2 Å². The van der Waals surface area contributed by atoms with Gasteiger partial charge in [0.1, 0.15) is 5.75 Å². The zero-order valence-electron chi connectivity index (χ0n) is 16.9. The maximum atomic E-state index is 9.10. The molecule has 1 saturated heterocycles. The molecule has 2 N–H and O–H groups in total. The molecule has 1 aromatic carbocycles. The lowest BCUT2D eigenvalue weighted by Crippen LogP contribution is -2.35. The van der Waals surface area contributed by atoms with Crippen molar-refractivity contribution in [1.29, 1.82) is 0 Å². The van der Waals surface area contributed by atoms with Crippen LogP contribution in [0.15, 0.2) is 18.2 Å². The Bertz CT molecular complexity index is 603. The Hall–Kier alpha value is -2.08. The maximum Gasteiger partial charge on any atom is 0.414 e. The van der Waals surface area contributed by atoms with E-state index in [1.54, 1.807) is 0 Å². The number of likely N-dealkylation sites (tertiary alicyclic amines) is 1. The van der Waals surface area contributed by atoms with Crippen LogP contribution >= 0.6 is 0 Å². The average Bonchev–Trinajstić information content (AvgIpc) is 2.59. The van der Waals surface area contributed by atoms with Gasteiger partial charge in [-0.1, -0.05) is 26.8 Å². The molecule has 1 aliphatic heterocycles. The van der Waals surface area contributed by atoms with Crippen LogP contribution in [0, 0.1) is 12.8 Å². The number of carboxylic acids is 2. The minimum Gasteiger partial charge on any atom is -0.494 e. The molecule has 1 aliphatic rings. The van der Waals surface area contributed by atoms with Gasteiger partial charge in [0.2, 0.25) is 0 Å². The van der Waals surface area contributed by atoms with Gasteiger partial charge in [0, 0.05) is 13.1 Å². The highest BCUT2D eigenvalue weighted by Crippen LogP contribution is 2.23. The van der Waals surface area contributed by atoms with Gasteiger partial charge in [-0.05, 0) is 67.8 Å². The van der Waals surface area contributed by atoms with E-state index in [2.05, 4.69) is 50.8 Å². The molecule has 1 aromatic rings. The highest BCUT2D eigenvalue weighted by atomic mass is 16.5. The predicted molar refractivity (Wildman–Crippen MR) is 105 cm³/mol. The van der Waals surface area contributed by atoms with E-state index in [0.29, 0.717) is 5.92 Å². The van der Waals surface area contributed by atoms with Crippen LogP contribution < -0.4 is 4.74 Å². The van der Waals surface area contributed by atoms with Crippen LogP contribution in [0.4, 0.5) is 0 Å². The number of piperidine rings is 1. The summed E-state index contributed by atoms with van der Waals surface area (Å²) in [6.45, 7) is 13.6. The molecule has 0 aromatic heterocycles. The monoisotopic (exact) mass is 379 g/mol. The Morgan fingerprint density at radius 1 is 1.26 bits per heavy atom. The van der Waals surface area contributed by atoms with Gasteiger partial charge in [-0.2, -0.15) is 0 Å². The summed E-state index contributed by atoms with van der Waals surface area (Å²) in [6, 6.07) is 6.51. The van der Waals surface area contributed by atoms with Crippen molar-refractivity contribution in [3.05, 3.63) is 29.3 Å². The molecule has 0 saturated carbocycles. The Morgan fingerprint density at radius 3 is 2.44 bits per heavy atom. The topological polar surface area (TPSA) is 87.1 Å². The second kappa shape index (κ2) is 11.6. The van der Waals surface area contributed by atoms with Gasteiger partial charge in [-0.15, -0.1) is 0 Å². The first-order chi connectivity index (χ1) is 12.7. The normalized spacial score (nSPS) is 17.1. The zero-order valence-corrected chi connectivity index (χ0v) is 16.9. The number of benzene rings is 1. The summed E-state index contributed by atoms with van der Waals surface area (Å²) in [5, 5.41) is 14.8. The van der Waals surface area contributed by atoms with Crippen molar-refractivity contribution in [3.63, 3.8) is 0 Å². The number of aryl methyl sites for hydroxylation is 1. The molecule has 1 heterocycles. The van der Waals surface area contributed by atoms with E-state index >= 15 is 0 Å². The fraction of sp³-hybridized carbons (Fsp3) is 0.619. The summed E-state index contributed by atoms with van der Waals surface area (Å²) in [5.74, 6) is -1.18. The minimum absolute atomic E-state index is 0.583. The van der Waals surface area contributed by atoms with Gasteiger partial charge in [-0.25, -0.2) is 9.59 Å². The Labute approximate surface area is 162 Å². The Morgan fingerprint density at radius 2 is 1.93 bits per heavy atom. The van der Waals surface area contributed by atoms with Crippen molar-refractivity contribution in [1.82, 2.24) is 4.90 Å². The summed E-state index contributed by atoms with van der Waals surface area (Å²) < 4.78 is 5.91. The van der Waals surface area contributed by atoms with Crippen LogP contribution in [-0.2, 0) is 9.59 Å². The van der Waals surface area contributed by atoms with Crippen molar-refractivity contribution in [2.24, 2.45) is 5.92 Å². The van der Waals surface area contributed by atoms with Crippen LogP contribution in [0.25, 0.3) is 0 Å². The Balaban J connectivity index is 0.000000527. The summed E-state index contributed by atoms with van der Waals surface area (Å²) in [5.41, 5.74) is 2.76. The number of hydrogen-bond donors (Lipinski definition) is 2. The first-order valence-electron chi connectivity index (χ1n) is 9.62. The van der Waals surface area contributed by atoms with Gasteiger partial charge in [0.05, 0.1) is 6.61 Å². The minimum atomic E-state index is -1.82. The smallest absolute Gasteiger partial charge is 0.414 e. The highest BCUT2D eigenvalue weighted by Gasteiger charge is 2.15. The van der Waals surface area contributed by atoms with E-state index in [0.717, 1.165) is 24.7 Å². The van der Waals surface area contributed by atoms with E-state index in [4.69, 9.17) is 24.5 Å². The quantitative estimate of drug-likeness (QED) is 0.578. The number of ether oxygens (including phenoxy) is 1. The number of rotatable bonds is 6. The van der Waals surface area contributed by atoms with Crippen molar-refractivity contribution >= 4 is 11.9 Å². The SMILES string of the molecule is Cc1cc(OCCCN2CCCC(C)C2)ccc1C(C)C.O=C(O)C(=O)O. The highest BCUT2D eigenvalue weighted by molar-refractivity contribution is 6.27. The van der Waals surface area contributed by atoms with Crippen molar-refractivity contribution < 1.29 is 24.5 Å². The molecular formula is C21H33NO5. The largest absolute Gasteiger partial charge is 0.494 e. The van der Waals surface area contributed by atoms with Crippen LogP contribution in [0.1, 0.15) is 57.1 Å². The van der Waals surface area contributed by atoms with Crippen molar-refractivity contribution in [2.45, 2.75) is 52.9 Å². The molecule has 2 rings (SSSR count). The molecule has 0 spiro atoms. The van der Waals surface area contributed by atoms with Crippen LogP contribution in [0.3, 0.4) is 0 Å². The number of carbonyl (C=O) groups is 2. The molecule has 1 fully saturated rings. The summed E-state index contributed by atoms with van der Waals surface area (Å²) >= 11 is 0. The lowest BCUT2D eigenvalue weighted by Gasteiger charge is -2.30. The van der Waals surface area contributed by atoms with E-state index in [-0.39, 0.29) is 0 Å². The van der Waals surface area contributed by atoms with Crippen LogP contribution in [0.2, 0.25) is 0 Å². The van der Waals surface area contributed by atoms with E-state index in [9.17, 15) is 0 Å². The first kappa shape index (κ1) is 23.0. The lowest BCUT2D eigenvalue weighted by atomic mass is 9.98. The van der Waals surface area contributed by atoms with Gasteiger partial charge < -0.3 is 19.8 Å². The molecule has 0 bridgehead atoms. The second-order valence-electron chi connectivity index (χ2n) is 7.53. The molecule has 0 aliphatic carbocycles. The fourth-order valence-electron chi connectivity index (χ4n) is 3.35. The average molecular weight is 379 g/mol. The second-order valence-corrected chi connectivity index (χ2v) is 7.53. The number of nitrogens with zero attached hydrogens (tertiary/aromatic N) is 1. The Kier molecular flexibility index (Phi) is 9.86. The molecule has 6 nitrogen and oxygen atoms in total. The molecule has 27 heavy (non-hydrogen) atoms. The van der Waals surface area contributed by atoms with Crippen LogP contribution in [0.5, 0.6) is 5.75 Å². The lowest BCUT2D eigenvalue weighted by molar-refractivity contribution is -0.159. The number of carboxylic acid groups (broad SMARTS) is 2. The number of aliphatic carboxylic acids is 2. The summed E-state index contributed by atoms with van der Waals surface area (Å²) in [4.78, 5) is 20.8. The summed E-state index contributed by atoms with van der Waals surface area (Å²) in [6.07, 6.45) is 3.88. The molecular weight excluding hydrogens is 346 g/mol. The first-order valence-corrected chi connectivity index (χ1v) is 9.62. The molecule has 1 atom stereocenters. The van der Waals surface area contributed by atoms with Crippen molar-refractivity contribution in [3.8, 4) is 5.75 Å². The fourth-order valence-corrected chi connectivity index (χ4v) is 3.35. The van der Waals surface area contributed by atoms with Gasteiger partial charge in [-0.3, -0.25) is 0 Å². The molecule has 152 valence electrons. The van der Waals surface area contributed by atoms with Crippen LogP contribution in [-0.4, -0.2) is 53.3 Å². The standard InChI is InChI=1S/C19H31NO.C2H2O4/c1-15(2)19-9-8-18(13-17(19)4)21-12-6-11-20-10-5-7-16(3)14-20;3-1(4)2(5)6/h8-9,13,15-16H,5-7,10-12,14H2,1-4H3;(H,3,4)(H,5,6). The third-order valence-corrected chi connectivity index (χ3v) is 4.67. The molecule has 1 unspecified atom stereocenters. The van der Waals surface area contributed by atoms with Gasteiger partial charge in [0.25, 0.3) is 0 Å². The molecule has 0 amide bonds. The zero-order chi connectivity index (χ0) is 20.4. The van der Waals surface area contributed by atoms with E-state index in [1.165, 1.54) is 43.6 Å². The molecule has 0 radical (unpaired) electrons. The third-order valence-electron chi connectivity index (χ3n) is 4.67. The number of hydrogen-bond acceptors (Lipinski definition) is 4. The summed E-state index contributed by atoms with van der Waals surface area (Å²) in [7, 11) is 0.